The molecule has 3 aromatic carbocycles. The summed E-state index contributed by atoms with van der Waals surface area (Å²) >= 11 is 0. The third-order valence-corrected chi connectivity index (χ3v) is 8.23. The lowest BCUT2D eigenvalue weighted by atomic mass is 9.88. The van der Waals surface area contributed by atoms with Crippen LogP contribution < -0.4 is 10.6 Å². The van der Waals surface area contributed by atoms with Crippen LogP contribution in [0, 0.1) is 5.92 Å². The molecule has 1 heterocycles. The summed E-state index contributed by atoms with van der Waals surface area (Å²) in [6.07, 6.45) is 0.0591. The number of aliphatic hydroxyl groups excluding tert-OH is 2. The number of ether oxygens (including phenoxy) is 2. The molecule has 3 aromatic rings. The van der Waals surface area contributed by atoms with Crippen molar-refractivity contribution in [1.29, 1.82) is 0 Å². The first-order valence-electron chi connectivity index (χ1n) is 14.8. The second kappa shape index (κ2) is 14.4. The first kappa shape index (κ1) is 29.8. The van der Waals surface area contributed by atoms with Gasteiger partial charge in [0.25, 0.3) is 0 Å². The molecule has 0 unspecified atom stereocenters. The average Bonchev–Trinajstić information content (AvgIpc) is 3.32. The molecule has 0 saturated carbocycles. The summed E-state index contributed by atoms with van der Waals surface area (Å²) in [5, 5.41) is 28.3. The number of hydrogen-bond acceptors (Lipinski definition) is 6. The predicted molar refractivity (Wildman–Crippen MR) is 159 cm³/mol. The lowest BCUT2D eigenvalue weighted by molar-refractivity contribution is -0.127. The van der Waals surface area contributed by atoms with Gasteiger partial charge in [0, 0.05) is 25.2 Å². The van der Waals surface area contributed by atoms with Crippen molar-refractivity contribution >= 4 is 12.0 Å². The van der Waals surface area contributed by atoms with Crippen LogP contribution in [-0.2, 0) is 33.5 Å². The fourth-order valence-corrected chi connectivity index (χ4v) is 5.94. The Morgan fingerprint density at radius 1 is 0.881 bits per heavy atom. The molecule has 0 radical (unpaired) electrons. The van der Waals surface area contributed by atoms with Gasteiger partial charge in [0.1, 0.15) is 6.10 Å². The molecule has 1 fully saturated rings. The fourth-order valence-electron chi connectivity index (χ4n) is 5.94. The third kappa shape index (κ3) is 7.97. The highest BCUT2D eigenvalue weighted by atomic mass is 16.6. The molecule has 0 bridgehead atoms. The maximum atomic E-state index is 13.8. The van der Waals surface area contributed by atoms with E-state index in [1.807, 2.05) is 84.9 Å². The minimum absolute atomic E-state index is 0.111. The van der Waals surface area contributed by atoms with E-state index in [4.69, 9.17) is 9.47 Å². The van der Waals surface area contributed by atoms with Crippen LogP contribution >= 0.6 is 0 Å². The van der Waals surface area contributed by atoms with Gasteiger partial charge in [-0.15, -0.1) is 0 Å². The Morgan fingerprint density at radius 2 is 1.50 bits per heavy atom. The van der Waals surface area contributed by atoms with Gasteiger partial charge in [0.05, 0.1) is 37.5 Å². The minimum Gasteiger partial charge on any atom is -0.446 e. The summed E-state index contributed by atoms with van der Waals surface area (Å²) in [6, 6.07) is 25.8. The first-order valence-corrected chi connectivity index (χ1v) is 14.8. The van der Waals surface area contributed by atoms with Crippen molar-refractivity contribution in [2.45, 2.75) is 68.9 Å². The number of fused-ring (bicyclic) bond motifs is 1. The summed E-state index contributed by atoms with van der Waals surface area (Å²) < 4.78 is 11.0. The van der Waals surface area contributed by atoms with E-state index in [-0.39, 0.29) is 18.4 Å². The van der Waals surface area contributed by atoms with Gasteiger partial charge in [-0.3, -0.25) is 4.79 Å². The zero-order valence-corrected chi connectivity index (χ0v) is 23.7. The molecule has 5 atom stereocenters. The van der Waals surface area contributed by atoms with Gasteiger partial charge in [-0.2, -0.15) is 0 Å². The molecule has 2 aliphatic rings. The van der Waals surface area contributed by atoms with Crippen molar-refractivity contribution in [2.75, 3.05) is 13.2 Å². The van der Waals surface area contributed by atoms with Crippen LogP contribution in [-0.4, -0.2) is 59.8 Å². The van der Waals surface area contributed by atoms with Gasteiger partial charge in [-0.05, 0) is 41.5 Å². The fraction of sp³-hybridized carbons (Fsp3) is 0.412. The Bertz CT molecular complexity index is 1300. The Kier molecular flexibility index (Phi) is 10.2. The van der Waals surface area contributed by atoms with Crippen molar-refractivity contribution in [3.05, 3.63) is 107 Å². The normalized spacial score (nSPS) is 20.6. The van der Waals surface area contributed by atoms with Gasteiger partial charge in [0.15, 0.2) is 0 Å². The number of nitrogens with one attached hydrogen (secondary N) is 2. The Hall–Kier alpha value is -3.72. The number of benzene rings is 3. The lowest BCUT2D eigenvalue weighted by Crippen LogP contribution is -2.48. The summed E-state index contributed by atoms with van der Waals surface area (Å²) in [5.41, 5.74) is 3.84. The van der Waals surface area contributed by atoms with E-state index >= 15 is 0 Å². The molecule has 8 nitrogen and oxygen atoms in total. The van der Waals surface area contributed by atoms with Crippen LogP contribution in [0.2, 0.25) is 0 Å². The van der Waals surface area contributed by atoms with Crippen LogP contribution in [0.15, 0.2) is 84.9 Å². The SMILES string of the molecule is O=C(N[C@@H](Cc1ccccc1)[C@@H](O)C[C@H](Cc1ccccc1)C(=O)N[C@H]1c2ccccc2C[C@H]1O)OC1CCOCC1. The summed E-state index contributed by atoms with van der Waals surface area (Å²) in [4.78, 5) is 26.7. The Balaban J connectivity index is 1.32. The smallest absolute Gasteiger partial charge is 0.407 e. The molecule has 2 amide bonds. The van der Waals surface area contributed by atoms with E-state index in [1.54, 1.807) is 0 Å². The van der Waals surface area contributed by atoms with Gasteiger partial charge >= 0.3 is 6.09 Å². The van der Waals surface area contributed by atoms with E-state index < -0.39 is 36.3 Å². The van der Waals surface area contributed by atoms with Gasteiger partial charge < -0.3 is 30.3 Å². The number of amides is 2. The molecular weight excluding hydrogens is 532 g/mol. The average molecular weight is 573 g/mol. The monoisotopic (exact) mass is 572 g/mol. The largest absolute Gasteiger partial charge is 0.446 e. The highest BCUT2D eigenvalue weighted by molar-refractivity contribution is 5.80. The number of carbonyl (C=O) groups is 2. The van der Waals surface area contributed by atoms with Gasteiger partial charge in [-0.25, -0.2) is 4.79 Å². The van der Waals surface area contributed by atoms with Crippen LogP contribution in [0.25, 0.3) is 0 Å². The molecule has 8 heteroatoms. The molecule has 222 valence electrons. The van der Waals surface area contributed by atoms with Gasteiger partial charge in [0.2, 0.25) is 5.91 Å². The Morgan fingerprint density at radius 3 is 2.19 bits per heavy atom. The minimum atomic E-state index is -1.03. The maximum Gasteiger partial charge on any atom is 0.407 e. The molecule has 1 aliphatic heterocycles. The van der Waals surface area contributed by atoms with Crippen LogP contribution in [0.3, 0.4) is 0 Å². The van der Waals surface area contributed by atoms with Crippen molar-refractivity contribution in [2.24, 2.45) is 5.92 Å². The van der Waals surface area contributed by atoms with E-state index in [2.05, 4.69) is 10.6 Å². The zero-order valence-electron chi connectivity index (χ0n) is 23.7. The molecule has 5 rings (SSSR count). The zero-order chi connectivity index (χ0) is 29.3. The molecule has 42 heavy (non-hydrogen) atoms. The summed E-state index contributed by atoms with van der Waals surface area (Å²) in [5.74, 6) is -0.851. The highest BCUT2D eigenvalue weighted by Crippen LogP contribution is 2.32. The number of aliphatic hydroxyl groups is 2. The predicted octanol–water partition coefficient (Wildman–Crippen LogP) is 3.89. The molecular formula is C34H40N2O6. The maximum absolute atomic E-state index is 13.8. The van der Waals surface area contributed by atoms with Gasteiger partial charge in [-0.1, -0.05) is 84.9 Å². The molecule has 1 aliphatic carbocycles. The molecule has 1 saturated heterocycles. The van der Waals surface area contributed by atoms with Crippen molar-refractivity contribution in [3.8, 4) is 0 Å². The second-order valence-corrected chi connectivity index (χ2v) is 11.3. The summed E-state index contributed by atoms with van der Waals surface area (Å²) in [7, 11) is 0. The molecule has 0 spiro atoms. The van der Waals surface area contributed by atoms with Crippen LogP contribution in [0.5, 0.6) is 0 Å². The highest BCUT2D eigenvalue weighted by Gasteiger charge is 2.35. The van der Waals surface area contributed by atoms with E-state index in [9.17, 15) is 19.8 Å². The topological polar surface area (TPSA) is 117 Å². The number of carbonyl (C=O) groups excluding carboxylic acids is 2. The lowest BCUT2D eigenvalue weighted by Gasteiger charge is -2.29. The standard InChI is InChI=1S/C34H40N2O6/c37-30(29(20-24-11-5-2-6-12-24)35-34(40)42-27-15-17-41-18-16-27)22-26(19-23-9-3-1-4-10-23)33(39)36-32-28-14-8-7-13-25(28)21-31(32)38/h1-14,26-27,29-32,37-38H,15-22H2,(H,35,40)(H,36,39)/t26-,29-,30-,31+,32-/m0/s1. The van der Waals surface area contributed by atoms with E-state index in [0.717, 1.165) is 22.3 Å². The molecule has 4 N–H and O–H groups in total. The quantitative estimate of drug-likeness (QED) is 0.277. The van der Waals surface area contributed by atoms with Crippen LogP contribution in [0.4, 0.5) is 4.79 Å². The van der Waals surface area contributed by atoms with Crippen molar-refractivity contribution in [1.82, 2.24) is 10.6 Å². The first-order chi connectivity index (χ1) is 20.5. The van der Waals surface area contributed by atoms with E-state index in [0.29, 0.717) is 45.3 Å². The van der Waals surface area contributed by atoms with Crippen LogP contribution in [0.1, 0.15) is 47.6 Å². The Labute approximate surface area is 247 Å². The molecule has 0 aromatic heterocycles. The van der Waals surface area contributed by atoms with Crippen molar-refractivity contribution < 1.29 is 29.3 Å². The summed E-state index contributed by atoms with van der Waals surface area (Å²) in [6.45, 7) is 1.09. The number of rotatable bonds is 11. The number of hydrogen-bond donors (Lipinski definition) is 4. The third-order valence-electron chi connectivity index (χ3n) is 8.23. The van der Waals surface area contributed by atoms with E-state index in [1.165, 1.54) is 0 Å². The second-order valence-electron chi connectivity index (χ2n) is 11.3. The number of alkyl carbamates (subject to hydrolysis) is 1. The van der Waals surface area contributed by atoms with Crippen molar-refractivity contribution in [3.63, 3.8) is 0 Å².